The second-order valence-electron chi connectivity index (χ2n) is 6.68. The Balaban J connectivity index is 2.06. The van der Waals surface area contributed by atoms with Crippen LogP contribution in [0.4, 0.5) is 11.4 Å². The van der Waals surface area contributed by atoms with Crippen LogP contribution in [0.3, 0.4) is 0 Å². The quantitative estimate of drug-likeness (QED) is 0.423. The van der Waals surface area contributed by atoms with E-state index in [1.165, 1.54) is 17.7 Å². The Kier molecular flexibility index (Phi) is 6.20. The number of aryl methyl sites for hydroxylation is 1. The normalized spacial score (nSPS) is 16.4. The number of amides is 1. The molecule has 1 aliphatic rings. The van der Waals surface area contributed by atoms with Gasteiger partial charge < -0.3 is 10.2 Å². The third-order valence-electron chi connectivity index (χ3n) is 4.75. The maximum atomic E-state index is 12.4. The van der Waals surface area contributed by atoms with Gasteiger partial charge in [-0.3, -0.25) is 14.9 Å². The molecule has 1 atom stereocenters. The molecule has 29 heavy (non-hydrogen) atoms. The van der Waals surface area contributed by atoms with E-state index >= 15 is 0 Å². The summed E-state index contributed by atoms with van der Waals surface area (Å²) >= 11 is 4.45. The van der Waals surface area contributed by atoms with Crippen molar-refractivity contribution in [2.24, 2.45) is 0 Å². The van der Waals surface area contributed by atoms with Gasteiger partial charge in [0.2, 0.25) is 0 Å². The number of nitro groups is 1. The minimum atomic E-state index is -0.728. The molecule has 1 aliphatic heterocycles. The van der Waals surface area contributed by atoms with Gasteiger partial charge in [-0.1, -0.05) is 37.6 Å². The Labute approximate surface area is 174 Å². The van der Waals surface area contributed by atoms with E-state index in [-0.39, 0.29) is 16.3 Å². The summed E-state index contributed by atoms with van der Waals surface area (Å²) < 4.78 is 0. The first-order chi connectivity index (χ1) is 14.0. The number of carbonyl (C=O) groups excluding carboxylic acids is 1. The molecule has 148 valence electrons. The van der Waals surface area contributed by atoms with Crippen molar-refractivity contribution in [2.45, 2.75) is 32.4 Å². The Morgan fingerprint density at radius 2 is 2.00 bits per heavy atom. The van der Waals surface area contributed by atoms with Crippen molar-refractivity contribution in [2.75, 3.05) is 4.90 Å². The second kappa shape index (κ2) is 8.80. The van der Waals surface area contributed by atoms with Crippen LogP contribution in [0.2, 0.25) is 0 Å². The molecule has 8 heteroatoms. The van der Waals surface area contributed by atoms with E-state index in [0.717, 1.165) is 24.9 Å². The van der Waals surface area contributed by atoms with Gasteiger partial charge in [-0.05, 0) is 30.5 Å². The molecule has 1 amide bonds. The Bertz CT molecular complexity index is 1010. The van der Waals surface area contributed by atoms with Crippen LogP contribution in [0, 0.1) is 21.4 Å². The first-order valence-corrected chi connectivity index (χ1v) is 9.67. The highest BCUT2D eigenvalue weighted by atomic mass is 32.1. The van der Waals surface area contributed by atoms with Crippen molar-refractivity contribution in [3.05, 3.63) is 80.4 Å². The number of non-ortho nitro benzene ring substituents is 1. The van der Waals surface area contributed by atoms with Crippen LogP contribution < -0.4 is 10.2 Å². The van der Waals surface area contributed by atoms with E-state index in [2.05, 4.69) is 24.9 Å². The molecule has 1 N–H and O–H groups in total. The first-order valence-electron chi connectivity index (χ1n) is 9.23. The SMILES string of the molecule is CCCCc1ccc(N2C(S)=C(C#N)C(=O)NC2c2cccc([N+](=O)[O-])c2)cc1. The van der Waals surface area contributed by atoms with Gasteiger partial charge in [0.05, 0.1) is 9.95 Å². The van der Waals surface area contributed by atoms with Gasteiger partial charge in [0.25, 0.3) is 11.6 Å². The van der Waals surface area contributed by atoms with Crippen LogP contribution in [-0.2, 0) is 11.2 Å². The van der Waals surface area contributed by atoms with Crippen molar-refractivity contribution >= 4 is 29.9 Å². The Morgan fingerprint density at radius 3 is 2.62 bits per heavy atom. The smallest absolute Gasteiger partial charge is 0.269 e. The first kappa shape index (κ1) is 20.4. The Hall–Kier alpha value is -3.31. The molecular formula is C21H20N4O3S. The maximum absolute atomic E-state index is 12.4. The molecule has 1 unspecified atom stereocenters. The number of nitrogens with zero attached hydrogens (tertiary/aromatic N) is 3. The lowest BCUT2D eigenvalue weighted by molar-refractivity contribution is -0.384. The van der Waals surface area contributed by atoms with Crippen molar-refractivity contribution in [3.63, 3.8) is 0 Å². The number of nitriles is 1. The van der Waals surface area contributed by atoms with Gasteiger partial charge in [-0.15, -0.1) is 12.6 Å². The molecule has 0 fully saturated rings. The second-order valence-corrected chi connectivity index (χ2v) is 7.10. The fourth-order valence-electron chi connectivity index (χ4n) is 3.22. The van der Waals surface area contributed by atoms with Crippen LogP contribution in [0.25, 0.3) is 0 Å². The molecule has 0 aliphatic carbocycles. The summed E-state index contributed by atoms with van der Waals surface area (Å²) in [6, 6.07) is 15.7. The number of rotatable bonds is 6. The molecule has 0 spiro atoms. The molecule has 7 nitrogen and oxygen atoms in total. The maximum Gasteiger partial charge on any atom is 0.269 e. The zero-order valence-electron chi connectivity index (χ0n) is 15.8. The van der Waals surface area contributed by atoms with Gasteiger partial charge in [0.15, 0.2) is 0 Å². The summed E-state index contributed by atoms with van der Waals surface area (Å²) in [6.07, 6.45) is 2.43. The van der Waals surface area contributed by atoms with Crippen molar-refractivity contribution < 1.29 is 9.72 Å². The number of hydrogen-bond acceptors (Lipinski definition) is 6. The third-order valence-corrected chi connectivity index (χ3v) is 5.19. The zero-order chi connectivity index (χ0) is 21.0. The number of thiol groups is 1. The molecular weight excluding hydrogens is 388 g/mol. The summed E-state index contributed by atoms with van der Waals surface area (Å²) in [5.41, 5.74) is 2.24. The third kappa shape index (κ3) is 4.25. The van der Waals surface area contributed by atoms with E-state index in [1.807, 2.05) is 30.3 Å². The number of unbranched alkanes of at least 4 members (excludes halogenated alkanes) is 1. The van der Waals surface area contributed by atoms with Crippen LogP contribution in [0.1, 0.15) is 37.1 Å². The van der Waals surface area contributed by atoms with Crippen LogP contribution in [-0.4, -0.2) is 10.8 Å². The largest absolute Gasteiger partial charge is 0.327 e. The minimum absolute atomic E-state index is 0.0811. The van der Waals surface area contributed by atoms with E-state index in [4.69, 9.17) is 0 Å². The molecule has 0 radical (unpaired) electrons. The molecule has 0 bridgehead atoms. The van der Waals surface area contributed by atoms with Crippen LogP contribution in [0.5, 0.6) is 0 Å². The standard InChI is InChI=1S/C21H20N4O3S/c1-2-3-5-14-8-10-16(11-9-14)24-19(23-20(26)18(13-22)21(24)29)15-6-4-7-17(12-15)25(27)28/h4,6-12,19,29H,2-3,5H2,1H3,(H,23,26). The lowest BCUT2D eigenvalue weighted by atomic mass is 10.0. The van der Waals surface area contributed by atoms with Gasteiger partial charge in [0, 0.05) is 23.4 Å². The van der Waals surface area contributed by atoms with Crippen LogP contribution >= 0.6 is 12.6 Å². The number of anilines is 1. The number of nitro benzene ring substituents is 1. The molecule has 1 heterocycles. The lowest BCUT2D eigenvalue weighted by Crippen LogP contribution is -2.46. The fourth-order valence-corrected chi connectivity index (χ4v) is 3.60. The van der Waals surface area contributed by atoms with Crippen molar-refractivity contribution in [1.82, 2.24) is 5.32 Å². The van der Waals surface area contributed by atoms with Crippen molar-refractivity contribution in [1.29, 1.82) is 5.26 Å². The summed E-state index contributed by atoms with van der Waals surface area (Å²) in [6.45, 7) is 2.13. The number of benzene rings is 2. The van der Waals surface area contributed by atoms with Crippen molar-refractivity contribution in [3.8, 4) is 6.07 Å². The zero-order valence-corrected chi connectivity index (χ0v) is 16.7. The summed E-state index contributed by atoms with van der Waals surface area (Å²) in [4.78, 5) is 24.8. The van der Waals surface area contributed by atoms with E-state index < -0.39 is 17.0 Å². The molecule has 0 aromatic heterocycles. The van der Waals surface area contributed by atoms with E-state index in [1.54, 1.807) is 17.0 Å². The highest BCUT2D eigenvalue weighted by molar-refractivity contribution is 7.84. The molecule has 0 saturated heterocycles. The predicted octanol–water partition coefficient (Wildman–Crippen LogP) is 4.24. The van der Waals surface area contributed by atoms with Crippen LogP contribution in [0.15, 0.2) is 59.1 Å². The molecule has 0 saturated carbocycles. The summed E-state index contributed by atoms with van der Waals surface area (Å²) in [5, 5.41) is 23.5. The highest BCUT2D eigenvalue weighted by Crippen LogP contribution is 2.36. The van der Waals surface area contributed by atoms with E-state index in [9.17, 15) is 20.2 Å². The highest BCUT2D eigenvalue weighted by Gasteiger charge is 2.34. The minimum Gasteiger partial charge on any atom is -0.327 e. The van der Waals surface area contributed by atoms with Gasteiger partial charge in [-0.25, -0.2) is 0 Å². The summed E-state index contributed by atoms with van der Waals surface area (Å²) in [7, 11) is 0. The van der Waals surface area contributed by atoms with E-state index in [0.29, 0.717) is 5.56 Å². The van der Waals surface area contributed by atoms with Gasteiger partial charge in [-0.2, -0.15) is 5.26 Å². The van der Waals surface area contributed by atoms with Gasteiger partial charge >= 0.3 is 0 Å². The monoisotopic (exact) mass is 408 g/mol. The summed E-state index contributed by atoms with van der Waals surface area (Å²) in [5.74, 6) is -0.565. The topological polar surface area (TPSA) is 99.3 Å². The molecule has 2 aromatic rings. The predicted molar refractivity (Wildman–Crippen MR) is 113 cm³/mol. The molecule has 2 aromatic carbocycles. The molecule has 3 rings (SSSR count). The number of hydrogen-bond donors (Lipinski definition) is 2. The average Bonchev–Trinajstić information content (AvgIpc) is 2.73. The lowest BCUT2D eigenvalue weighted by Gasteiger charge is -2.38. The number of nitrogens with one attached hydrogen (secondary N) is 1. The average molecular weight is 408 g/mol. The van der Waals surface area contributed by atoms with Gasteiger partial charge in [0.1, 0.15) is 17.8 Å². The number of carbonyl (C=O) groups is 1. The fraction of sp³-hybridized carbons (Fsp3) is 0.238. The Morgan fingerprint density at radius 1 is 1.28 bits per heavy atom.